The summed E-state index contributed by atoms with van der Waals surface area (Å²) in [5.74, 6) is 2.51. The van der Waals surface area contributed by atoms with E-state index in [0.29, 0.717) is 18.4 Å². The Bertz CT molecular complexity index is 282. The van der Waals surface area contributed by atoms with Gasteiger partial charge in [-0.1, -0.05) is 20.8 Å². The minimum absolute atomic E-state index is 0.350. The standard InChI is InChI=1S/C15H28N2O/c1-12-5-4-6-17(10-12)15(18)11-16-8-13(2)7-14(3)9-16/h12-14H,4-11H2,1-3H3. The molecule has 3 heteroatoms. The molecule has 3 unspecified atom stereocenters. The van der Waals surface area contributed by atoms with Crippen LogP contribution in [0.15, 0.2) is 0 Å². The summed E-state index contributed by atoms with van der Waals surface area (Å²) in [6.45, 7) is 11.6. The van der Waals surface area contributed by atoms with Crippen LogP contribution >= 0.6 is 0 Å². The first-order valence-electron chi connectivity index (χ1n) is 7.54. The van der Waals surface area contributed by atoms with Crippen LogP contribution in [-0.2, 0) is 4.79 Å². The number of carbonyl (C=O) groups excluding carboxylic acids is 1. The molecule has 0 N–H and O–H groups in total. The molecule has 2 aliphatic heterocycles. The van der Waals surface area contributed by atoms with Crippen molar-refractivity contribution in [2.75, 3.05) is 32.7 Å². The molecule has 0 aromatic carbocycles. The number of likely N-dealkylation sites (tertiary alicyclic amines) is 2. The highest BCUT2D eigenvalue weighted by Gasteiger charge is 2.26. The van der Waals surface area contributed by atoms with Gasteiger partial charge in [0.2, 0.25) is 5.91 Å². The summed E-state index contributed by atoms with van der Waals surface area (Å²) in [6, 6.07) is 0. The summed E-state index contributed by atoms with van der Waals surface area (Å²) in [4.78, 5) is 16.8. The molecule has 2 fully saturated rings. The zero-order valence-corrected chi connectivity index (χ0v) is 12.2. The molecule has 2 aliphatic rings. The third-order valence-corrected chi connectivity index (χ3v) is 4.31. The Morgan fingerprint density at radius 1 is 1.06 bits per heavy atom. The number of rotatable bonds is 2. The highest BCUT2D eigenvalue weighted by molar-refractivity contribution is 5.78. The van der Waals surface area contributed by atoms with E-state index in [1.165, 1.54) is 19.3 Å². The third kappa shape index (κ3) is 3.71. The number of carbonyl (C=O) groups is 1. The van der Waals surface area contributed by atoms with Gasteiger partial charge in [-0.05, 0) is 37.0 Å². The molecule has 104 valence electrons. The molecule has 0 aromatic heterocycles. The van der Waals surface area contributed by atoms with Crippen molar-refractivity contribution in [3.05, 3.63) is 0 Å². The maximum absolute atomic E-state index is 12.3. The molecule has 0 aromatic rings. The quantitative estimate of drug-likeness (QED) is 0.752. The second kappa shape index (κ2) is 6.05. The van der Waals surface area contributed by atoms with Gasteiger partial charge in [0.05, 0.1) is 6.54 Å². The van der Waals surface area contributed by atoms with Gasteiger partial charge < -0.3 is 4.90 Å². The van der Waals surface area contributed by atoms with Crippen molar-refractivity contribution in [2.45, 2.75) is 40.0 Å². The van der Waals surface area contributed by atoms with Crippen molar-refractivity contribution in [1.29, 1.82) is 0 Å². The van der Waals surface area contributed by atoms with Crippen molar-refractivity contribution in [3.63, 3.8) is 0 Å². The van der Waals surface area contributed by atoms with Gasteiger partial charge in [-0.25, -0.2) is 0 Å². The first kappa shape index (κ1) is 13.9. The number of nitrogens with zero attached hydrogens (tertiary/aromatic N) is 2. The number of hydrogen-bond acceptors (Lipinski definition) is 2. The zero-order chi connectivity index (χ0) is 13.1. The molecule has 18 heavy (non-hydrogen) atoms. The summed E-state index contributed by atoms with van der Waals surface area (Å²) >= 11 is 0. The molecule has 0 radical (unpaired) electrons. The predicted molar refractivity (Wildman–Crippen MR) is 74.4 cm³/mol. The van der Waals surface area contributed by atoms with E-state index in [4.69, 9.17) is 0 Å². The average Bonchev–Trinajstić information content (AvgIpc) is 2.27. The lowest BCUT2D eigenvalue weighted by Gasteiger charge is -2.37. The van der Waals surface area contributed by atoms with Gasteiger partial charge in [0.1, 0.15) is 0 Å². The van der Waals surface area contributed by atoms with E-state index in [1.807, 2.05) is 0 Å². The Morgan fingerprint density at radius 2 is 1.72 bits per heavy atom. The molecule has 3 atom stereocenters. The molecule has 2 rings (SSSR count). The van der Waals surface area contributed by atoms with Gasteiger partial charge >= 0.3 is 0 Å². The largest absolute Gasteiger partial charge is 0.341 e. The summed E-state index contributed by atoms with van der Waals surface area (Å²) in [6.07, 6.45) is 3.77. The van der Waals surface area contributed by atoms with Crippen LogP contribution in [0, 0.1) is 17.8 Å². The third-order valence-electron chi connectivity index (χ3n) is 4.31. The Kier molecular flexibility index (Phi) is 4.66. The van der Waals surface area contributed by atoms with Crippen molar-refractivity contribution in [1.82, 2.24) is 9.80 Å². The highest BCUT2D eigenvalue weighted by Crippen LogP contribution is 2.21. The molecule has 3 nitrogen and oxygen atoms in total. The molecule has 0 bridgehead atoms. The van der Waals surface area contributed by atoms with Gasteiger partial charge in [-0.15, -0.1) is 0 Å². The first-order valence-corrected chi connectivity index (χ1v) is 7.54. The molecule has 0 spiro atoms. The molecular weight excluding hydrogens is 224 g/mol. The average molecular weight is 252 g/mol. The van der Waals surface area contributed by atoms with E-state index in [9.17, 15) is 4.79 Å². The monoisotopic (exact) mass is 252 g/mol. The molecule has 0 saturated carbocycles. The summed E-state index contributed by atoms with van der Waals surface area (Å²) in [7, 11) is 0. The normalized spacial score (nSPS) is 34.6. The second-order valence-corrected chi connectivity index (χ2v) is 6.73. The van der Waals surface area contributed by atoms with Crippen LogP contribution in [-0.4, -0.2) is 48.4 Å². The second-order valence-electron chi connectivity index (χ2n) is 6.73. The van der Waals surface area contributed by atoms with Crippen molar-refractivity contribution in [3.8, 4) is 0 Å². The zero-order valence-electron chi connectivity index (χ0n) is 12.2. The van der Waals surface area contributed by atoms with E-state index in [0.717, 1.165) is 38.0 Å². The van der Waals surface area contributed by atoms with Gasteiger partial charge in [0.15, 0.2) is 0 Å². The van der Waals surface area contributed by atoms with Crippen molar-refractivity contribution < 1.29 is 4.79 Å². The van der Waals surface area contributed by atoms with Crippen LogP contribution in [0.2, 0.25) is 0 Å². The topological polar surface area (TPSA) is 23.6 Å². The van der Waals surface area contributed by atoms with Crippen LogP contribution < -0.4 is 0 Å². The number of hydrogen-bond donors (Lipinski definition) is 0. The van der Waals surface area contributed by atoms with Gasteiger partial charge in [-0.2, -0.15) is 0 Å². The van der Waals surface area contributed by atoms with Gasteiger partial charge in [0.25, 0.3) is 0 Å². The summed E-state index contributed by atoms with van der Waals surface area (Å²) in [5, 5.41) is 0. The lowest BCUT2D eigenvalue weighted by Crippen LogP contribution is -2.48. The Morgan fingerprint density at radius 3 is 2.33 bits per heavy atom. The molecule has 2 saturated heterocycles. The van der Waals surface area contributed by atoms with Crippen molar-refractivity contribution in [2.24, 2.45) is 17.8 Å². The van der Waals surface area contributed by atoms with E-state index in [1.54, 1.807) is 0 Å². The fourth-order valence-electron chi connectivity index (χ4n) is 3.63. The van der Waals surface area contributed by atoms with Gasteiger partial charge in [-0.3, -0.25) is 9.69 Å². The number of amides is 1. The minimum atomic E-state index is 0.350. The lowest BCUT2D eigenvalue weighted by atomic mass is 9.92. The summed E-state index contributed by atoms with van der Waals surface area (Å²) in [5.41, 5.74) is 0. The van der Waals surface area contributed by atoms with Crippen LogP contribution in [0.4, 0.5) is 0 Å². The molecular formula is C15H28N2O. The van der Waals surface area contributed by atoms with Crippen LogP contribution in [0.5, 0.6) is 0 Å². The lowest BCUT2D eigenvalue weighted by molar-refractivity contribution is -0.134. The predicted octanol–water partition coefficient (Wildman–Crippen LogP) is 2.22. The Hall–Kier alpha value is -0.570. The maximum atomic E-state index is 12.3. The van der Waals surface area contributed by atoms with Crippen LogP contribution in [0.1, 0.15) is 40.0 Å². The highest BCUT2D eigenvalue weighted by atomic mass is 16.2. The van der Waals surface area contributed by atoms with E-state index < -0.39 is 0 Å². The van der Waals surface area contributed by atoms with Crippen molar-refractivity contribution >= 4 is 5.91 Å². The fourth-order valence-corrected chi connectivity index (χ4v) is 3.63. The Labute approximate surface area is 112 Å². The smallest absolute Gasteiger partial charge is 0.236 e. The maximum Gasteiger partial charge on any atom is 0.236 e. The van der Waals surface area contributed by atoms with E-state index in [-0.39, 0.29) is 0 Å². The van der Waals surface area contributed by atoms with Crippen LogP contribution in [0.25, 0.3) is 0 Å². The molecule has 2 heterocycles. The van der Waals surface area contributed by atoms with E-state index >= 15 is 0 Å². The molecule has 0 aliphatic carbocycles. The SMILES string of the molecule is CC1CC(C)CN(CC(=O)N2CCCC(C)C2)C1. The number of piperidine rings is 2. The summed E-state index contributed by atoms with van der Waals surface area (Å²) < 4.78 is 0. The molecule has 1 amide bonds. The minimum Gasteiger partial charge on any atom is -0.341 e. The van der Waals surface area contributed by atoms with E-state index in [2.05, 4.69) is 30.6 Å². The van der Waals surface area contributed by atoms with Crippen LogP contribution in [0.3, 0.4) is 0 Å². The van der Waals surface area contributed by atoms with Gasteiger partial charge in [0, 0.05) is 26.2 Å². The Balaban J connectivity index is 1.83. The first-order chi connectivity index (χ1) is 8.54. The fraction of sp³-hybridized carbons (Fsp3) is 0.933.